The van der Waals surface area contributed by atoms with E-state index >= 15 is 0 Å². The average Bonchev–Trinajstić information content (AvgIpc) is 2.38. The van der Waals surface area contributed by atoms with Crippen molar-refractivity contribution in [2.45, 2.75) is 18.9 Å². The number of nitrogens with two attached hydrogens (primary N) is 1. The Bertz CT molecular complexity index is 498. The molecule has 0 radical (unpaired) electrons. The van der Waals surface area contributed by atoms with Crippen LogP contribution in [0.4, 0.5) is 4.39 Å². The van der Waals surface area contributed by atoms with Crippen LogP contribution in [-0.4, -0.2) is 6.04 Å². The first-order chi connectivity index (χ1) is 9.17. The molecule has 0 aromatic heterocycles. The molecule has 0 aliphatic rings. The van der Waals surface area contributed by atoms with E-state index in [1.54, 1.807) is 6.07 Å². The van der Waals surface area contributed by atoms with Crippen LogP contribution in [0.1, 0.15) is 11.1 Å². The second kappa shape index (κ2) is 6.66. The molecule has 2 aromatic rings. The normalized spacial score (nSPS) is 12.4. The van der Waals surface area contributed by atoms with Gasteiger partial charge in [0.25, 0.3) is 0 Å². The van der Waals surface area contributed by atoms with Crippen LogP contribution in [0.25, 0.3) is 0 Å². The zero-order chi connectivity index (χ0) is 13.7. The molecule has 0 saturated carbocycles. The highest BCUT2D eigenvalue weighted by Gasteiger charge is 2.09. The Hall–Kier alpha value is -1.42. The minimum absolute atomic E-state index is 0.0419. The molecule has 100 valence electrons. The van der Waals surface area contributed by atoms with E-state index in [4.69, 9.17) is 17.4 Å². The van der Waals surface area contributed by atoms with E-state index in [1.165, 1.54) is 12.1 Å². The maximum atomic E-state index is 13.1. The Balaban J connectivity index is 2.04. The summed E-state index contributed by atoms with van der Waals surface area (Å²) in [7, 11) is 0. The van der Waals surface area contributed by atoms with Crippen LogP contribution in [0.5, 0.6) is 0 Å². The maximum absolute atomic E-state index is 13.1. The number of hydrogen-bond donors (Lipinski definition) is 2. The van der Waals surface area contributed by atoms with Crippen molar-refractivity contribution in [2.24, 2.45) is 5.84 Å². The molecule has 1 unspecified atom stereocenters. The van der Waals surface area contributed by atoms with Crippen LogP contribution in [-0.2, 0) is 12.8 Å². The first-order valence-electron chi connectivity index (χ1n) is 6.12. The molecular weight excluding hydrogens is 263 g/mol. The predicted octanol–water partition coefficient (Wildman–Crippen LogP) is 3.10. The van der Waals surface area contributed by atoms with E-state index in [0.29, 0.717) is 11.4 Å². The van der Waals surface area contributed by atoms with Gasteiger partial charge < -0.3 is 0 Å². The molecule has 0 spiro atoms. The Labute approximate surface area is 117 Å². The Morgan fingerprint density at radius 2 is 1.68 bits per heavy atom. The third kappa shape index (κ3) is 4.31. The molecule has 0 aliphatic carbocycles. The van der Waals surface area contributed by atoms with Gasteiger partial charge in [-0.1, -0.05) is 35.9 Å². The fourth-order valence-electron chi connectivity index (χ4n) is 2.09. The van der Waals surface area contributed by atoms with Crippen LogP contribution in [0.15, 0.2) is 48.5 Å². The summed E-state index contributed by atoms with van der Waals surface area (Å²) in [5.74, 6) is 5.34. The highest BCUT2D eigenvalue weighted by atomic mass is 35.5. The fraction of sp³-hybridized carbons (Fsp3) is 0.200. The van der Waals surface area contributed by atoms with E-state index in [0.717, 1.165) is 17.5 Å². The lowest BCUT2D eigenvalue weighted by atomic mass is 9.99. The molecule has 0 bridgehead atoms. The van der Waals surface area contributed by atoms with Gasteiger partial charge in [-0.15, -0.1) is 0 Å². The summed E-state index contributed by atoms with van der Waals surface area (Å²) in [5, 5.41) is 0.707. The molecule has 4 heteroatoms. The lowest BCUT2D eigenvalue weighted by Crippen LogP contribution is -2.38. The van der Waals surface area contributed by atoms with Crippen LogP contribution in [0, 0.1) is 5.82 Å². The predicted molar refractivity (Wildman–Crippen MR) is 76.4 cm³/mol. The van der Waals surface area contributed by atoms with E-state index in [-0.39, 0.29) is 11.9 Å². The summed E-state index contributed by atoms with van der Waals surface area (Å²) in [4.78, 5) is 0. The Kier molecular flexibility index (Phi) is 4.91. The summed E-state index contributed by atoms with van der Waals surface area (Å²) in [6.45, 7) is 0. The third-order valence-corrected chi connectivity index (χ3v) is 3.21. The molecule has 19 heavy (non-hydrogen) atoms. The molecule has 0 heterocycles. The van der Waals surface area contributed by atoms with Gasteiger partial charge in [-0.25, -0.2) is 4.39 Å². The average molecular weight is 279 g/mol. The monoisotopic (exact) mass is 278 g/mol. The van der Waals surface area contributed by atoms with Gasteiger partial charge in [0.2, 0.25) is 0 Å². The summed E-state index contributed by atoms with van der Waals surface area (Å²) >= 11 is 5.95. The van der Waals surface area contributed by atoms with Crippen molar-refractivity contribution >= 4 is 11.6 Å². The summed E-state index contributed by atoms with van der Waals surface area (Å²) in [5.41, 5.74) is 4.80. The molecule has 0 fully saturated rings. The number of rotatable bonds is 5. The highest BCUT2D eigenvalue weighted by Crippen LogP contribution is 2.14. The smallest absolute Gasteiger partial charge is 0.123 e. The quantitative estimate of drug-likeness (QED) is 0.651. The lowest BCUT2D eigenvalue weighted by molar-refractivity contribution is 0.520. The van der Waals surface area contributed by atoms with Crippen molar-refractivity contribution in [2.75, 3.05) is 0 Å². The van der Waals surface area contributed by atoms with Gasteiger partial charge in [0.05, 0.1) is 0 Å². The molecule has 2 nitrogen and oxygen atoms in total. The minimum Gasteiger partial charge on any atom is -0.271 e. The first-order valence-corrected chi connectivity index (χ1v) is 6.50. The van der Waals surface area contributed by atoms with Gasteiger partial charge >= 0.3 is 0 Å². The Morgan fingerprint density at radius 1 is 1.05 bits per heavy atom. The van der Waals surface area contributed by atoms with Crippen molar-refractivity contribution in [1.82, 2.24) is 5.43 Å². The van der Waals surface area contributed by atoms with Crippen LogP contribution in [0.3, 0.4) is 0 Å². The molecule has 1 atom stereocenters. The SMILES string of the molecule is NNC(Cc1cccc(F)c1)Cc1cccc(Cl)c1. The van der Waals surface area contributed by atoms with Crippen LogP contribution < -0.4 is 11.3 Å². The number of hydrogen-bond acceptors (Lipinski definition) is 2. The number of halogens is 2. The van der Waals surface area contributed by atoms with Crippen LogP contribution >= 0.6 is 11.6 Å². The van der Waals surface area contributed by atoms with E-state index < -0.39 is 0 Å². The summed E-state index contributed by atoms with van der Waals surface area (Å²) < 4.78 is 13.1. The number of nitrogens with one attached hydrogen (secondary N) is 1. The summed E-state index contributed by atoms with van der Waals surface area (Å²) in [6.07, 6.45) is 1.41. The number of benzene rings is 2. The molecule has 0 saturated heterocycles. The van der Waals surface area contributed by atoms with Crippen molar-refractivity contribution in [1.29, 1.82) is 0 Å². The van der Waals surface area contributed by atoms with Gasteiger partial charge in [-0.3, -0.25) is 11.3 Å². The lowest BCUT2D eigenvalue weighted by Gasteiger charge is -2.16. The van der Waals surface area contributed by atoms with Gasteiger partial charge in [0, 0.05) is 11.1 Å². The Morgan fingerprint density at radius 3 is 2.26 bits per heavy atom. The molecule has 3 N–H and O–H groups in total. The van der Waals surface area contributed by atoms with E-state index in [2.05, 4.69) is 5.43 Å². The minimum atomic E-state index is -0.226. The van der Waals surface area contributed by atoms with Crippen molar-refractivity contribution in [3.05, 3.63) is 70.5 Å². The topological polar surface area (TPSA) is 38.0 Å². The second-order valence-corrected chi connectivity index (χ2v) is 4.97. The first kappa shape index (κ1) is 14.0. The zero-order valence-corrected chi connectivity index (χ0v) is 11.2. The zero-order valence-electron chi connectivity index (χ0n) is 10.4. The van der Waals surface area contributed by atoms with Crippen molar-refractivity contribution in [3.63, 3.8) is 0 Å². The molecular formula is C15H16ClFN2. The fourth-order valence-corrected chi connectivity index (χ4v) is 2.30. The number of hydrazine groups is 1. The van der Waals surface area contributed by atoms with Crippen molar-refractivity contribution in [3.8, 4) is 0 Å². The largest absolute Gasteiger partial charge is 0.271 e. The molecule has 2 aromatic carbocycles. The van der Waals surface area contributed by atoms with Gasteiger partial charge in [-0.05, 0) is 48.2 Å². The van der Waals surface area contributed by atoms with E-state index in [1.807, 2.05) is 30.3 Å². The van der Waals surface area contributed by atoms with Gasteiger partial charge in [0.15, 0.2) is 0 Å². The molecule has 2 rings (SSSR count). The van der Waals surface area contributed by atoms with Crippen molar-refractivity contribution < 1.29 is 4.39 Å². The second-order valence-electron chi connectivity index (χ2n) is 4.53. The van der Waals surface area contributed by atoms with Gasteiger partial charge in [0.1, 0.15) is 5.82 Å². The third-order valence-electron chi connectivity index (χ3n) is 2.98. The molecule has 0 aliphatic heterocycles. The van der Waals surface area contributed by atoms with Crippen LogP contribution in [0.2, 0.25) is 5.02 Å². The maximum Gasteiger partial charge on any atom is 0.123 e. The highest BCUT2D eigenvalue weighted by molar-refractivity contribution is 6.30. The standard InChI is InChI=1S/C15H16ClFN2/c16-13-5-1-3-11(7-13)9-15(19-18)10-12-4-2-6-14(17)8-12/h1-8,15,19H,9-10,18H2. The molecule has 0 amide bonds. The van der Waals surface area contributed by atoms with Gasteiger partial charge in [-0.2, -0.15) is 0 Å². The van der Waals surface area contributed by atoms with E-state index in [9.17, 15) is 4.39 Å². The summed E-state index contributed by atoms with van der Waals surface area (Å²) in [6, 6.07) is 14.3.